The van der Waals surface area contributed by atoms with E-state index in [-0.39, 0.29) is 11.3 Å². The third kappa shape index (κ3) is 3.14. The van der Waals surface area contributed by atoms with Crippen LogP contribution in [0.1, 0.15) is 17.3 Å². The molecule has 0 amide bonds. The minimum Gasteiger partial charge on any atom is -0.426 e. The lowest BCUT2D eigenvalue weighted by Crippen LogP contribution is -2.10. The van der Waals surface area contributed by atoms with E-state index in [0.717, 1.165) is 0 Å². The molecule has 5 heteroatoms. The quantitative estimate of drug-likeness (QED) is 0.515. The van der Waals surface area contributed by atoms with Gasteiger partial charge in [-0.2, -0.15) is 0 Å². The van der Waals surface area contributed by atoms with Crippen molar-refractivity contribution in [2.24, 2.45) is 0 Å². The van der Waals surface area contributed by atoms with Gasteiger partial charge in [-0.15, -0.1) is 0 Å². The van der Waals surface area contributed by atoms with Gasteiger partial charge in [0.1, 0.15) is 12.4 Å². The van der Waals surface area contributed by atoms with E-state index in [1.807, 2.05) is 0 Å². The summed E-state index contributed by atoms with van der Waals surface area (Å²) in [4.78, 5) is 22.0. The molecule has 1 aromatic rings. The van der Waals surface area contributed by atoms with Gasteiger partial charge in [-0.1, -0.05) is 15.9 Å². The molecule has 0 aliphatic carbocycles. The summed E-state index contributed by atoms with van der Waals surface area (Å²) >= 11 is 3.19. The first-order chi connectivity index (χ1) is 7.04. The number of hydrogen-bond acceptors (Lipinski definition) is 4. The topological polar surface area (TPSA) is 63.6 Å². The molecule has 0 aliphatic rings. The summed E-state index contributed by atoms with van der Waals surface area (Å²) < 4.78 is 5.54. The Kier molecular flexibility index (Phi) is 3.99. The Hall–Kier alpha value is -1.20. The Bertz CT molecular complexity index is 400. The number of ether oxygens (including phenoxy) is 1. The van der Waals surface area contributed by atoms with Gasteiger partial charge in [0.25, 0.3) is 0 Å². The Balaban J connectivity index is 3.13. The second-order valence-corrected chi connectivity index (χ2v) is 3.73. The minimum atomic E-state index is -0.615. The van der Waals surface area contributed by atoms with Crippen LogP contribution >= 0.6 is 15.9 Å². The Morgan fingerprint density at radius 1 is 1.47 bits per heavy atom. The molecule has 1 aromatic carbocycles. The molecule has 0 saturated heterocycles. The number of benzene rings is 1. The minimum absolute atomic E-state index is 0.149. The largest absolute Gasteiger partial charge is 0.426 e. The van der Waals surface area contributed by atoms with Crippen molar-refractivity contribution in [1.29, 1.82) is 0 Å². The van der Waals surface area contributed by atoms with Crippen molar-refractivity contribution >= 4 is 27.7 Å². The van der Waals surface area contributed by atoms with Gasteiger partial charge in [-0.25, -0.2) is 0 Å². The van der Waals surface area contributed by atoms with Crippen molar-refractivity contribution in [2.45, 2.75) is 6.92 Å². The first-order valence-electron chi connectivity index (χ1n) is 4.16. The van der Waals surface area contributed by atoms with Crippen molar-refractivity contribution in [3.05, 3.63) is 28.2 Å². The van der Waals surface area contributed by atoms with Crippen LogP contribution in [0, 0.1) is 0 Å². The summed E-state index contributed by atoms with van der Waals surface area (Å²) in [5.41, 5.74) is 0.191. The third-order valence-electron chi connectivity index (χ3n) is 1.64. The van der Waals surface area contributed by atoms with E-state index < -0.39 is 18.4 Å². The highest BCUT2D eigenvalue weighted by molar-refractivity contribution is 9.10. The molecule has 0 saturated carbocycles. The number of aliphatic hydroxyl groups is 1. The highest BCUT2D eigenvalue weighted by atomic mass is 79.9. The molecule has 0 atom stereocenters. The lowest BCUT2D eigenvalue weighted by molar-refractivity contribution is -0.131. The van der Waals surface area contributed by atoms with Crippen molar-refractivity contribution < 1.29 is 19.4 Å². The highest BCUT2D eigenvalue weighted by Crippen LogP contribution is 2.24. The zero-order valence-corrected chi connectivity index (χ0v) is 9.58. The predicted molar refractivity (Wildman–Crippen MR) is 56.9 cm³/mol. The average Bonchev–Trinajstić information content (AvgIpc) is 2.16. The molecule has 4 nitrogen and oxygen atoms in total. The summed E-state index contributed by atoms with van der Waals surface area (Å²) in [5, 5.41) is 8.71. The van der Waals surface area contributed by atoms with Crippen LogP contribution in [-0.4, -0.2) is 23.5 Å². The Morgan fingerprint density at radius 2 is 2.13 bits per heavy atom. The van der Waals surface area contributed by atoms with Crippen LogP contribution in [0.15, 0.2) is 22.7 Å². The number of rotatable bonds is 3. The third-order valence-corrected chi connectivity index (χ3v) is 2.13. The smallest absolute Gasteiger partial charge is 0.308 e. The van der Waals surface area contributed by atoms with Gasteiger partial charge < -0.3 is 9.84 Å². The summed E-state index contributed by atoms with van der Waals surface area (Å²) in [6, 6.07) is 4.63. The second-order valence-electron chi connectivity index (χ2n) is 2.82. The zero-order valence-electron chi connectivity index (χ0n) is 7.99. The maximum Gasteiger partial charge on any atom is 0.308 e. The van der Waals surface area contributed by atoms with Gasteiger partial charge in [0, 0.05) is 11.4 Å². The van der Waals surface area contributed by atoms with E-state index in [9.17, 15) is 9.59 Å². The van der Waals surface area contributed by atoms with Gasteiger partial charge in [0.05, 0.1) is 5.56 Å². The first-order valence-corrected chi connectivity index (χ1v) is 4.96. The average molecular weight is 273 g/mol. The van der Waals surface area contributed by atoms with Crippen molar-refractivity contribution in [3.8, 4) is 5.75 Å². The number of ketones is 1. The molecule has 1 N–H and O–H groups in total. The van der Waals surface area contributed by atoms with Crippen LogP contribution in [0.2, 0.25) is 0 Å². The van der Waals surface area contributed by atoms with Crippen LogP contribution in [0.5, 0.6) is 5.75 Å². The number of carbonyl (C=O) groups excluding carboxylic acids is 2. The van der Waals surface area contributed by atoms with Crippen molar-refractivity contribution in [1.82, 2.24) is 0 Å². The summed E-state index contributed by atoms with van der Waals surface area (Å²) in [7, 11) is 0. The number of carbonyl (C=O) groups is 2. The molecule has 0 unspecified atom stereocenters. The molecule has 0 bridgehead atoms. The van der Waals surface area contributed by atoms with Crippen LogP contribution in [0.4, 0.5) is 0 Å². The molecule has 0 spiro atoms. The molecule has 0 fully saturated rings. The maximum absolute atomic E-state index is 11.3. The molecule has 0 radical (unpaired) electrons. The zero-order chi connectivity index (χ0) is 11.4. The van der Waals surface area contributed by atoms with Crippen LogP contribution in [0.3, 0.4) is 0 Å². The standard InChI is InChI=1S/C10H9BrO4/c1-6(13)15-10-4-7(11)2-3-8(10)9(14)5-12/h2-4,12H,5H2,1H3. The molecule has 15 heavy (non-hydrogen) atoms. The van der Waals surface area contributed by atoms with Crippen LogP contribution < -0.4 is 4.74 Å². The fraction of sp³-hybridized carbons (Fsp3) is 0.200. The van der Waals surface area contributed by atoms with E-state index in [0.29, 0.717) is 4.47 Å². The van der Waals surface area contributed by atoms with E-state index in [2.05, 4.69) is 15.9 Å². The molecule has 0 aromatic heterocycles. The molecule has 1 rings (SSSR count). The molecular weight excluding hydrogens is 264 g/mol. The molecule has 0 aliphatic heterocycles. The van der Waals surface area contributed by atoms with E-state index in [1.54, 1.807) is 6.07 Å². The van der Waals surface area contributed by atoms with Crippen LogP contribution in [-0.2, 0) is 4.79 Å². The monoisotopic (exact) mass is 272 g/mol. The van der Waals surface area contributed by atoms with E-state index >= 15 is 0 Å². The predicted octanol–water partition coefficient (Wildman–Crippen LogP) is 1.55. The molecular formula is C10H9BrO4. The SMILES string of the molecule is CC(=O)Oc1cc(Br)ccc1C(=O)CO. The second kappa shape index (κ2) is 5.04. The van der Waals surface area contributed by atoms with Gasteiger partial charge >= 0.3 is 5.97 Å². The van der Waals surface area contributed by atoms with E-state index in [1.165, 1.54) is 19.1 Å². The summed E-state index contributed by atoms with van der Waals surface area (Å²) in [5.74, 6) is -0.852. The first kappa shape index (κ1) is 11.9. The van der Waals surface area contributed by atoms with Gasteiger partial charge in [-0.05, 0) is 18.2 Å². The summed E-state index contributed by atoms with van der Waals surface area (Å²) in [6.45, 7) is 0.629. The van der Waals surface area contributed by atoms with Crippen molar-refractivity contribution in [2.75, 3.05) is 6.61 Å². The highest BCUT2D eigenvalue weighted by Gasteiger charge is 2.13. The van der Waals surface area contributed by atoms with E-state index in [4.69, 9.17) is 9.84 Å². The van der Waals surface area contributed by atoms with Crippen LogP contribution in [0.25, 0.3) is 0 Å². The number of aliphatic hydroxyl groups excluding tert-OH is 1. The number of halogens is 1. The summed E-state index contributed by atoms with van der Waals surface area (Å²) in [6.07, 6.45) is 0. The van der Waals surface area contributed by atoms with Gasteiger partial charge in [0.2, 0.25) is 0 Å². The molecule has 0 heterocycles. The lowest BCUT2D eigenvalue weighted by Gasteiger charge is -2.07. The number of Topliss-reactive ketones (excluding diaryl/α,β-unsaturated/α-hetero) is 1. The number of hydrogen-bond donors (Lipinski definition) is 1. The fourth-order valence-electron chi connectivity index (χ4n) is 1.05. The van der Waals surface area contributed by atoms with Crippen molar-refractivity contribution in [3.63, 3.8) is 0 Å². The Labute approximate surface area is 95.0 Å². The number of esters is 1. The lowest BCUT2D eigenvalue weighted by atomic mass is 10.1. The maximum atomic E-state index is 11.3. The normalized spacial score (nSPS) is 9.80. The Morgan fingerprint density at radius 3 is 2.67 bits per heavy atom. The van der Waals surface area contributed by atoms with Gasteiger partial charge in [0.15, 0.2) is 5.78 Å². The van der Waals surface area contributed by atoms with Gasteiger partial charge in [-0.3, -0.25) is 9.59 Å². The molecule has 80 valence electrons. The fourth-order valence-corrected chi connectivity index (χ4v) is 1.39.